The zero-order valence-corrected chi connectivity index (χ0v) is 10.7. The van der Waals surface area contributed by atoms with Gasteiger partial charge >= 0.3 is 0 Å². The Bertz CT molecular complexity index is 351. The van der Waals surface area contributed by atoms with Crippen LogP contribution in [0, 0.1) is 6.92 Å². The van der Waals surface area contributed by atoms with Gasteiger partial charge in [0, 0.05) is 6.04 Å². The van der Waals surface area contributed by atoms with Gasteiger partial charge in [0.2, 0.25) is 0 Å². The summed E-state index contributed by atoms with van der Waals surface area (Å²) in [5.74, 6) is 0. The Morgan fingerprint density at radius 1 is 1.41 bits per heavy atom. The highest BCUT2D eigenvalue weighted by molar-refractivity contribution is 5.22. The van der Waals surface area contributed by atoms with Gasteiger partial charge in [-0.05, 0) is 51.3 Å². The summed E-state index contributed by atoms with van der Waals surface area (Å²) in [6.45, 7) is 4.76. The first kappa shape index (κ1) is 12.6. The van der Waals surface area contributed by atoms with Crippen molar-refractivity contribution in [1.29, 1.82) is 0 Å². The fraction of sp³-hybridized carbons (Fsp3) is 0.600. The quantitative estimate of drug-likeness (QED) is 0.844. The van der Waals surface area contributed by atoms with Crippen molar-refractivity contribution in [1.82, 2.24) is 4.90 Å². The molecule has 1 heterocycles. The van der Waals surface area contributed by atoms with Crippen molar-refractivity contribution >= 4 is 0 Å². The molecule has 1 N–H and O–H groups in total. The fourth-order valence-corrected chi connectivity index (χ4v) is 2.75. The number of likely N-dealkylation sites (tertiary alicyclic amines) is 1. The Labute approximate surface area is 104 Å². The van der Waals surface area contributed by atoms with E-state index in [0.29, 0.717) is 12.6 Å². The molecule has 0 aromatic heterocycles. The van der Waals surface area contributed by atoms with Crippen LogP contribution in [0.3, 0.4) is 0 Å². The SMILES string of the molecule is Cc1cccc(CCCN2CCC[C@@H]2CO)c1. The molecule has 1 aromatic rings. The van der Waals surface area contributed by atoms with E-state index >= 15 is 0 Å². The Morgan fingerprint density at radius 2 is 2.29 bits per heavy atom. The van der Waals surface area contributed by atoms with Crippen LogP contribution in [0.1, 0.15) is 30.4 Å². The van der Waals surface area contributed by atoms with Gasteiger partial charge in [0.15, 0.2) is 0 Å². The average Bonchev–Trinajstić information content (AvgIpc) is 2.77. The van der Waals surface area contributed by atoms with E-state index < -0.39 is 0 Å². The highest BCUT2D eigenvalue weighted by atomic mass is 16.3. The van der Waals surface area contributed by atoms with Crippen molar-refractivity contribution in [3.63, 3.8) is 0 Å². The molecule has 94 valence electrons. The lowest BCUT2D eigenvalue weighted by atomic mass is 10.1. The molecular weight excluding hydrogens is 210 g/mol. The van der Waals surface area contributed by atoms with Gasteiger partial charge in [-0.15, -0.1) is 0 Å². The number of aliphatic hydroxyl groups is 1. The first-order chi connectivity index (χ1) is 8.29. The van der Waals surface area contributed by atoms with Crippen LogP contribution in [0.2, 0.25) is 0 Å². The van der Waals surface area contributed by atoms with Gasteiger partial charge in [0.1, 0.15) is 0 Å². The second-order valence-corrected chi connectivity index (χ2v) is 5.11. The molecule has 17 heavy (non-hydrogen) atoms. The summed E-state index contributed by atoms with van der Waals surface area (Å²) in [6.07, 6.45) is 4.76. The van der Waals surface area contributed by atoms with E-state index in [9.17, 15) is 5.11 Å². The van der Waals surface area contributed by atoms with Crippen LogP contribution < -0.4 is 0 Å². The molecule has 1 fully saturated rings. The molecule has 0 radical (unpaired) electrons. The summed E-state index contributed by atoms with van der Waals surface area (Å²) < 4.78 is 0. The van der Waals surface area contributed by atoms with Gasteiger partial charge in [-0.25, -0.2) is 0 Å². The smallest absolute Gasteiger partial charge is 0.0586 e. The first-order valence-electron chi connectivity index (χ1n) is 6.70. The van der Waals surface area contributed by atoms with Gasteiger partial charge in [0.05, 0.1) is 6.61 Å². The minimum atomic E-state index is 0.324. The minimum Gasteiger partial charge on any atom is -0.395 e. The molecule has 1 aliphatic heterocycles. The van der Waals surface area contributed by atoms with Crippen LogP contribution in [-0.4, -0.2) is 35.7 Å². The summed E-state index contributed by atoms with van der Waals surface area (Å²) in [5.41, 5.74) is 2.78. The number of aliphatic hydroxyl groups excluding tert-OH is 1. The van der Waals surface area contributed by atoms with Crippen LogP contribution in [0.4, 0.5) is 0 Å². The standard InChI is InChI=1S/C15H23NO/c1-13-5-2-6-14(11-13)7-3-9-16-10-4-8-15(16)12-17/h2,5-6,11,15,17H,3-4,7-10,12H2,1H3/t15-/m1/s1. The Morgan fingerprint density at radius 3 is 3.06 bits per heavy atom. The van der Waals surface area contributed by atoms with Gasteiger partial charge in [0.25, 0.3) is 0 Å². The lowest BCUT2D eigenvalue weighted by molar-refractivity contribution is 0.158. The summed E-state index contributed by atoms with van der Waals surface area (Å²) >= 11 is 0. The molecule has 2 nitrogen and oxygen atoms in total. The highest BCUT2D eigenvalue weighted by Crippen LogP contribution is 2.17. The van der Waals surface area contributed by atoms with Crippen LogP contribution in [-0.2, 0) is 6.42 Å². The monoisotopic (exact) mass is 233 g/mol. The molecule has 0 amide bonds. The van der Waals surface area contributed by atoms with E-state index in [2.05, 4.69) is 36.1 Å². The zero-order chi connectivity index (χ0) is 12.1. The molecule has 2 heteroatoms. The second-order valence-electron chi connectivity index (χ2n) is 5.11. The zero-order valence-electron chi connectivity index (χ0n) is 10.7. The second kappa shape index (κ2) is 6.18. The maximum Gasteiger partial charge on any atom is 0.0586 e. The molecule has 0 bridgehead atoms. The van der Waals surface area contributed by atoms with E-state index in [0.717, 1.165) is 13.0 Å². The third kappa shape index (κ3) is 3.55. The average molecular weight is 233 g/mol. The number of nitrogens with zero attached hydrogens (tertiary/aromatic N) is 1. The van der Waals surface area contributed by atoms with Crippen molar-refractivity contribution in [2.24, 2.45) is 0 Å². The molecule has 1 aromatic carbocycles. The normalized spacial score (nSPS) is 20.9. The number of hydrogen-bond donors (Lipinski definition) is 1. The summed E-state index contributed by atoms with van der Waals surface area (Å²) in [4.78, 5) is 2.44. The number of benzene rings is 1. The van der Waals surface area contributed by atoms with E-state index in [4.69, 9.17) is 0 Å². The Hall–Kier alpha value is -0.860. The van der Waals surface area contributed by atoms with Gasteiger partial charge in [-0.2, -0.15) is 0 Å². The maximum absolute atomic E-state index is 9.25. The number of hydrogen-bond acceptors (Lipinski definition) is 2. The third-order valence-electron chi connectivity index (χ3n) is 3.70. The molecule has 0 saturated carbocycles. The summed E-state index contributed by atoms with van der Waals surface area (Å²) in [6, 6.07) is 9.18. The van der Waals surface area contributed by atoms with Crippen molar-refractivity contribution in [3.8, 4) is 0 Å². The molecule has 2 rings (SSSR count). The van der Waals surface area contributed by atoms with Gasteiger partial charge in [-0.1, -0.05) is 29.8 Å². The van der Waals surface area contributed by atoms with Crippen molar-refractivity contribution in [2.45, 2.75) is 38.6 Å². The van der Waals surface area contributed by atoms with Crippen molar-refractivity contribution in [3.05, 3.63) is 35.4 Å². The predicted octanol–water partition coefficient (Wildman–Crippen LogP) is 2.38. The number of aryl methyl sites for hydroxylation is 2. The van der Waals surface area contributed by atoms with Gasteiger partial charge in [-0.3, -0.25) is 4.90 Å². The summed E-state index contributed by atoms with van der Waals surface area (Å²) in [5, 5.41) is 9.25. The number of rotatable bonds is 5. The Kier molecular flexibility index (Phi) is 4.57. The van der Waals surface area contributed by atoms with E-state index in [-0.39, 0.29) is 0 Å². The molecule has 0 aliphatic carbocycles. The minimum absolute atomic E-state index is 0.324. The topological polar surface area (TPSA) is 23.5 Å². The maximum atomic E-state index is 9.25. The van der Waals surface area contributed by atoms with Crippen LogP contribution in [0.25, 0.3) is 0 Å². The van der Waals surface area contributed by atoms with E-state index in [1.54, 1.807) is 0 Å². The van der Waals surface area contributed by atoms with E-state index in [1.807, 2.05) is 0 Å². The lowest BCUT2D eigenvalue weighted by Gasteiger charge is -2.22. The van der Waals surface area contributed by atoms with Crippen LogP contribution >= 0.6 is 0 Å². The third-order valence-corrected chi connectivity index (χ3v) is 3.70. The van der Waals surface area contributed by atoms with Crippen molar-refractivity contribution in [2.75, 3.05) is 19.7 Å². The molecule has 0 spiro atoms. The fourth-order valence-electron chi connectivity index (χ4n) is 2.75. The molecule has 1 aliphatic rings. The predicted molar refractivity (Wildman–Crippen MR) is 71.2 cm³/mol. The van der Waals surface area contributed by atoms with E-state index in [1.165, 1.54) is 36.9 Å². The largest absolute Gasteiger partial charge is 0.395 e. The molecule has 1 saturated heterocycles. The first-order valence-corrected chi connectivity index (χ1v) is 6.70. The lowest BCUT2D eigenvalue weighted by Crippen LogP contribution is -2.33. The molecular formula is C15H23NO. The van der Waals surface area contributed by atoms with Crippen LogP contribution in [0.15, 0.2) is 24.3 Å². The summed E-state index contributed by atoms with van der Waals surface area (Å²) in [7, 11) is 0. The highest BCUT2D eigenvalue weighted by Gasteiger charge is 2.22. The molecule has 1 atom stereocenters. The molecule has 0 unspecified atom stereocenters. The van der Waals surface area contributed by atoms with Gasteiger partial charge < -0.3 is 5.11 Å². The van der Waals surface area contributed by atoms with Crippen molar-refractivity contribution < 1.29 is 5.11 Å². The Balaban J connectivity index is 1.76. The van der Waals surface area contributed by atoms with Crippen LogP contribution in [0.5, 0.6) is 0 Å².